The lowest BCUT2D eigenvalue weighted by atomic mass is 9.89. The van der Waals surface area contributed by atoms with Crippen molar-refractivity contribution in [2.24, 2.45) is 5.92 Å². The molecular weight excluding hydrogens is 224 g/mol. The minimum atomic E-state index is -0.454. The highest BCUT2D eigenvalue weighted by Gasteiger charge is 2.24. The van der Waals surface area contributed by atoms with Gasteiger partial charge in [-0.25, -0.2) is 0 Å². The van der Waals surface area contributed by atoms with Gasteiger partial charge in [-0.2, -0.15) is 0 Å². The first kappa shape index (κ1) is 14.6. The number of rotatable bonds is 8. The van der Waals surface area contributed by atoms with E-state index >= 15 is 0 Å². The Kier molecular flexibility index (Phi) is 6.34. The molecule has 0 aliphatic rings. The number of hydrogen-bond acceptors (Lipinski definition) is 2. The average molecular weight is 246 g/mol. The topological polar surface area (TPSA) is 34.1 Å². The Labute approximate surface area is 109 Å². The molecule has 0 radical (unpaired) electrons. The van der Waals surface area contributed by atoms with Gasteiger partial charge in [-0.1, -0.05) is 57.0 Å². The van der Waals surface area contributed by atoms with Crippen LogP contribution in [0.15, 0.2) is 30.3 Å². The Bertz CT molecular complexity index is 381. The third-order valence-corrected chi connectivity index (χ3v) is 3.20. The van der Waals surface area contributed by atoms with Gasteiger partial charge >= 0.3 is 0 Å². The first-order chi connectivity index (χ1) is 8.70. The summed E-state index contributed by atoms with van der Waals surface area (Å²) in [5, 5.41) is 0. The average Bonchev–Trinajstić information content (AvgIpc) is 2.41. The Balaban J connectivity index is 2.65. The summed E-state index contributed by atoms with van der Waals surface area (Å²) in [5.41, 5.74) is 0.646. The minimum Gasteiger partial charge on any atom is -0.299 e. The van der Waals surface area contributed by atoms with Crippen LogP contribution in [0.2, 0.25) is 0 Å². The molecule has 1 aromatic rings. The highest BCUT2D eigenvalue weighted by atomic mass is 16.1. The summed E-state index contributed by atoms with van der Waals surface area (Å²) in [6.07, 6.45) is 4.18. The Morgan fingerprint density at radius 2 is 1.72 bits per heavy atom. The van der Waals surface area contributed by atoms with Gasteiger partial charge in [0.2, 0.25) is 0 Å². The smallest absolute Gasteiger partial charge is 0.173 e. The molecule has 1 atom stereocenters. The van der Waals surface area contributed by atoms with Gasteiger partial charge in [-0.05, 0) is 12.8 Å². The van der Waals surface area contributed by atoms with E-state index < -0.39 is 5.92 Å². The van der Waals surface area contributed by atoms with Gasteiger partial charge in [0.1, 0.15) is 5.78 Å². The number of Topliss-reactive ketones (excluding diaryl/α,β-unsaturated/α-hetero) is 2. The van der Waals surface area contributed by atoms with Crippen LogP contribution >= 0.6 is 0 Å². The lowest BCUT2D eigenvalue weighted by Crippen LogP contribution is -2.23. The fourth-order valence-electron chi connectivity index (χ4n) is 2.09. The van der Waals surface area contributed by atoms with Crippen LogP contribution in [0.4, 0.5) is 0 Å². The summed E-state index contributed by atoms with van der Waals surface area (Å²) in [6.45, 7) is 4.01. The van der Waals surface area contributed by atoms with Crippen molar-refractivity contribution in [3.8, 4) is 0 Å². The van der Waals surface area contributed by atoms with Gasteiger partial charge in [0.05, 0.1) is 5.92 Å². The van der Waals surface area contributed by atoms with Crippen molar-refractivity contribution in [2.45, 2.75) is 46.0 Å². The second kappa shape index (κ2) is 7.80. The van der Waals surface area contributed by atoms with Crippen molar-refractivity contribution in [2.75, 3.05) is 0 Å². The molecule has 0 aliphatic carbocycles. The molecular formula is C16H22O2. The molecule has 0 saturated heterocycles. The van der Waals surface area contributed by atoms with Gasteiger partial charge < -0.3 is 0 Å². The molecule has 1 rings (SSSR count). The Morgan fingerprint density at radius 3 is 2.28 bits per heavy atom. The fourth-order valence-corrected chi connectivity index (χ4v) is 2.09. The maximum Gasteiger partial charge on any atom is 0.173 e. The number of hydrogen-bond donors (Lipinski definition) is 0. The standard InChI is InChI=1S/C16H22O2/c1-3-5-7-12-15(17)14(4-2)16(18)13-10-8-6-9-11-13/h6,8-11,14H,3-5,7,12H2,1-2H3. The van der Waals surface area contributed by atoms with Crippen LogP contribution in [0.5, 0.6) is 0 Å². The summed E-state index contributed by atoms with van der Waals surface area (Å²) in [4.78, 5) is 24.3. The van der Waals surface area contributed by atoms with E-state index in [0.717, 1.165) is 19.3 Å². The van der Waals surface area contributed by atoms with Crippen LogP contribution in [0.1, 0.15) is 56.3 Å². The van der Waals surface area contributed by atoms with E-state index in [2.05, 4.69) is 6.92 Å². The molecule has 98 valence electrons. The SMILES string of the molecule is CCCCCC(=O)C(CC)C(=O)c1ccccc1. The minimum absolute atomic E-state index is 0.0281. The molecule has 2 nitrogen and oxygen atoms in total. The number of carbonyl (C=O) groups excluding carboxylic acids is 2. The highest BCUT2D eigenvalue weighted by Crippen LogP contribution is 2.16. The van der Waals surface area contributed by atoms with Gasteiger partial charge in [0.15, 0.2) is 5.78 Å². The molecule has 0 heterocycles. The normalized spacial score (nSPS) is 12.1. The lowest BCUT2D eigenvalue weighted by Gasteiger charge is -2.12. The van der Waals surface area contributed by atoms with Gasteiger partial charge in [-0.3, -0.25) is 9.59 Å². The molecule has 1 aromatic carbocycles. The van der Waals surface area contributed by atoms with Gasteiger partial charge in [0.25, 0.3) is 0 Å². The zero-order valence-corrected chi connectivity index (χ0v) is 11.3. The van der Waals surface area contributed by atoms with Crippen molar-refractivity contribution < 1.29 is 9.59 Å². The maximum atomic E-state index is 12.2. The predicted molar refractivity (Wildman–Crippen MR) is 73.7 cm³/mol. The molecule has 0 N–H and O–H groups in total. The molecule has 0 spiro atoms. The molecule has 1 unspecified atom stereocenters. The molecule has 0 amide bonds. The Morgan fingerprint density at radius 1 is 1.06 bits per heavy atom. The zero-order chi connectivity index (χ0) is 13.4. The summed E-state index contributed by atoms with van der Waals surface area (Å²) in [6, 6.07) is 9.11. The van der Waals surface area contributed by atoms with Crippen molar-refractivity contribution in [1.29, 1.82) is 0 Å². The molecule has 18 heavy (non-hydrogen) atoms. The van der Waals surface area contributed by atoms with Crippen LogP contribution in [0.25, 0.3) is 0 Å². The van der Waals surface area contributed by atoms with E-state index in [-0.39, 0.29) is 11.6 Å². The molecule has 0 aromatic heterocycles. The zero-order valence-electron chi connectivity index (χ0n) is 11.3. The molecule has 0 fully saturated rings. The first-order valence-electron chi connectivity index (χ1n) is 6.82. The second-order valence-electron chi connectivity index (χ2n) is 4.61. The van der Waals surface area contributed by atoms with E-state index in [1.54, 1.807) is 12.1 Å². The lowest BCUT2D eigenvalue weighted by molar-refractivity contribution is -0.121. The third kappa shape index (κ3) is 4.10. The molecule has 0 saturated carbocycles. The summed E-state index contributed by atoms with van der Waals surface area (Å²) in [7, 11) is 0. The highest BCUT2D eigenvalue weighted by molar-refractivity contribution is 6.10. The van der Waals surface area contributed by atoms with Crippen LogP contribution < -0.4 is 0 Å². The van der Waals surface area contributed by atoms with Crippen LogP contribution in [0.3, 0.4) is 0 Å². The predicted octanol–water partition coefficient (Wildman–Crippen LogP) is 4.04. The summed E-state index contributed by atoms with van der Waals surface area (Å²) >= 11 is 0. The molecule has 0 aliphatic heterocycles. The maximum absolute atomic E-state index is 12.2. The van der Waals surface area contributed by atoms with E-state index in [0.29, 0.717) is 18.4 Å². The van der Waals surface area contributed by atoms with E-state index in [1.807, 2.05) is 25.1 Å². The van der Waals surface area contributed by atoms with Gasteiger partial charge in [-0.15, -0.1) is 0 Å². The number of carbonyl (C=O) groups is 2. The van der Waals surface area contributed by atoms with Crippen LogP contribution in [-0.4, -0.2) is 11.6 Å². The van der Waals surface area contributed by atoms with E-state index in [9.17, 15) is 9.59 Å². The fraction of sp³-hybridized carbons (Fsp3) is 0.500. The number of unbranched alkanes of at least 4 members (excludes halogenated alkanes) is 2. The van der Waals surface area contributed by atoms with Gasteiger partial charge in [0, 0.05) is 12.0 Å². The summed E-state index contributed by atoms with van der Waals surface area (Å²) in [5.74, 6) is -0.386. The number of benzene rings is 1. The molecule has 2 heteroatoms. The van der Waals surface area contributed by atoms with Crippen molar-refractivity contribution in [3.63, 3.8) is 0 Å². The van der Waals surface area contributed by atoms with E-state index in [1.165, 1.54) is 0 Å². The van der Waals surface area contributed by atoms with Crippen molar-refractivity contribution in [1.82, 2.24) is 0 Å². The second-order valence-corrected chi connectivity index (χ2v) is 4.61. The molecule has 0 bridgehead atoms. The summed E-state index contributed by atoms with van der Waals surface area (Å²) < 4.78 is 0. The third-order valence-electron chi connectivity index (χ3n) is 3.20. The first-order valence-corrected chi connectivity index (χ1v) is 6.82. The quantitative estimate of drug-likeness (QED) is 0.394. The monoisotopic (exact) mass is 246 g/mol. The van der Waals surface area contributed by atoms with E-state index in [4.69, 9.17) is 0 Å². The Hall–Kier alpha value is -1.44. The van der Waals surface area contributed by atoms with Crippen molar-refractivity contribution in [3.05, 3.63) is 35.9 Å². The largest absolute Gasteiger partial charge is 0.299 e. The number of ketones is 2. The van der Waals surface area contributed by atoms with Crippen molar-refractivity contribution >= 4 is 11.6 Å². The van der Waals surface area contributed by atoms with Crippen LogP contribution in [-0.2, 0) is 4.79 Å². The van der Waals surface area contributed by atoms with Crippen LogP contribution in [0, 0.1) is 5.92 Å².